The normalized spacial score (nSPS) is 11.2. The number of hydrogen-bond acceptors (Lipinski definition) is 3. The summed E-state index contributed by atoms with van der Waals surface area (Å²) in [6.45, 7) is 1.99. The van der Waals surface area contributed by atoms with E-state index >= 15 is 0 Å². The van der Waals surface area contributed by atoms with Gasteiger partial charge in [0, 0.05) is 5.69 Å². The molecule has 0 aliphatic heterocycles. The van der Waals surface area contributed by atoms with Crippen molar-refractivity contribution in [3.05, 3.63) is 24.0 Å². The van der Waals surface area contributed by atoms with Crippen LogP contribution in [0.25, 0.3) is 0 Å². The molecule has 0 aliphatic rings. The van der Waals surface area contributed by atoms with Gasteiger partial charge in [0.05, 0.1) is 18.1 Å². The molecule has 0 amide bonds. The second kappa shape index (κ2) is 3.74. The molecule has 0 radical (unpaired) electrons. The Balaban J connectivity index is 2.81. The van der Waals surface area contributed by atoms with Gasteiger partial charge in [-0.25, -0.2) is 8.42 Å². The van der Waals surface area contributed by atoms with Crippen molar-refractivity contribution in [2.75, 3.05) is 11.0 Å². The first-order chi connectivity index (χ1) is 6.01. The summed E-state index contributed by atoms with van der Waals surface area (Å²) >= 11 is 0. The van der Waals surface area contributed by atoms with Gasteiger partial charge in [0.25, 0.3) is 0 Å². The summed E-state index contributed by atoms with van der Waals surface area (Å²) < 4.78 is 24.0. The van der Waals surface area contributed by atoms with Crippen LogP contribution >= 0.6 is 0 Å². The summed E-state index contributed by atoms with van der Waals surface area (Å²) in [6, 6.07) is 3.50. The number of sulfonamides is 1. The summed E-state index contributed by atoms with van der Waals surface area (Å²) in [6.07, 6.45) is 3.47. The van der Waals surface area contributed by atoms with Gasteiger partial charge >= 0.3 is 0 Å². The van der Waals surface area contributed by atoms with Crippen LogP contribution in [0.3, 0.4) is 0 Å². The molecule has 1 heterocycles. The van der Waals surface area contributed by atoms with E-state index in [0.717, 1.165) is 18.4 Å². The number of nitrogens with zero attached hydrogens (tertiary/aromatic N) is 1. The molecular formula is C8H12N2O2S. The second-order valence-electron chi connectivity index (χ2n) is 2.77. The van der Waals surface area contributed by atoms with Crippen molar-refractivity contribution in [1.82, 2.24) is 4.98 Å². The Morgan fingerprint density at radius 1 is 1.46 bits per heavy atom. The first-order valence-electron chi connectivity index (χ1n) is 3.94. The number of rotatable bonds is 3. The van der Waals surface area contributed by atoms with E-state index in [9.17, 15) is 8.42 Å². The smallest absolute Gasteiger partial charge is 0.229 e. The molecule has 13 heavy (non-hydrogen) atoms. The average Bonchev–Trinajstić information content (AvgIpc) is 2.03. The molecule has 1 aromatic rings. The Morgan fingerprint density at radius 3 is 2.54 bits per heavy atom. The summed E-state index contributed by atoms with van der Waals surface area (Å²) in [4.78, 5) is 4.05. The molecule has 1 rings (SSSR count). The van der Waals surface area contributed by atoms with Crippen LogP contribution in [0.15, 0.2) is 18.3 Å². The highest BCUT2D eigenvalue weighted by Crippen LogP contribution is 2.07. The van der Waals surface area contributed by atoms with Crippen LogP contribution in [0, 0.1) is 0 Å². The van der Waals surface area contributed by atoms with E-state index in [-0.39, 0.29) is 0 Å². The second-order valence-corrected chi connectivity index (χ2v) is 4.51. The van der Waals surface area contributed by atoms with Gasteiger partial charge in [0.1, 0.15) is 0 Å². The van der Waals surface area contributed by atoms with Crippen LogP contribution in [-0.4, -0.2) is 19.7 Å². The maximum Gasteiger partial charge on any atom is 0.229 e. The van der Waals surface area contributed by atoms with E-state index in [1.807, 2.05) is 6.92 Å². The molecule has 0 bridgehead atoms. The maximum atomic E-state index is 10.8. The number of aryl methyl sites for hydroxylation is 1. The fourth-order valence-electron chi connectivity index (χ4n) is 0.908. The van der Waals surface area contributed by atoms with Crippen LogP contribution < -0.4 is 4.72 Å². The van der Waals surface area contributed by atoms with Crippen molar-refractivity contribution in [2.45, 2.75) is 13.3 Å². The minimum absolute atomic E-state index is 0.500. The molecule has 4 nitrogen and oxygen atoms in total. The van der Waals surface area contributed by atoms with Gasteiger partial charge in [0.15, 0.2) is 0 Å². The largest absolute Gasteiger partial charge is 0.282 e. The molecule has 72 valence electrons. The molecule has 5 heteroatoms. The van der Waals surface area contributed by atoms with Crippen molar-refractivity contribution in [2.24, 2.45) is 0 Å². The maximum absolute atomic E-state index is 10.8. The molecule has 0 fully saturated rings. The fourth-order valence-corrected chi connectivity index (χ4v) is 1.46. The lowest BCUT2D eigenvalue weighted by molar-refractivity contribution is 0.607. The van der Waals surface area contributed by atoms with Crippen molar-refractivity contribution >= 4 is 15.7 Å². The fraction of sp³-hybridized carbons (Fsp3) is 0.375. The number of anilines is 1. The summed E-state index contributed by atoms with van der Waals surface area (Å²) in [5.41, 5.74) is 1.44. The number of hydrogen-bond donors (Lipinski definition) is 1. The molecule has 1 N–H and O–H groups in total. The van der Waals surface area contributed by atoms with Gasteiger partial charge in [-0.05, 0) is 18.6 Å². The quantitative estimate of drug-likeness (QED) is 0.792. The topological polar surface area (TPSA) is 59.1 Å². The van der Waals surface area contributed by atoms with Gasteiger partial charge < -0.3 is 0 Å². The molecule has 1 aromatic heterocycles. The molecule has 0 spiro atoms. The first kappa shape index (κ1) is 9.98. The number of aromatic nitrogens is 1. The summed E-state index contributed by atoms with van der Waals surface area (Å²) in [7, 11) is -3.19. The van der Waals surface area contributed by atoms with E-state index in [4.69, 9.17) is 0 Å². The van der Waals surface area contributed by atoms with E-state index in [2.05, 4.69) is 9.71 Å². The predicted octanol–water partition coefficient (Wildman–Crippen LogP) is 1.02. The molecule has 0 unspecified atom stereocenters. The van der Waals surface area contributed by atoms with Gasteiger partial charge in [0.2, 0.25) is 10.0 Å². The number of nitrogens with one attached hydrogen (secondary N) is 1. The van der Waals surface area contributed by atoms with Crippen LogP contribution in [0.2, 0.25) is 0 Å². The highest BCUT2D eigenvalue weighted by atomic mass is 32.2. The molecule has 0 aliphatic carbocycles. The lowest BCUT2D eigenvalue weighted by Gasteiger charge is -2.03. The van der Waals surface area contributed by atoms with Crippen LogP contribution in [0.5, 0.6) is 0 Å². The van der Waals surface area contributed by atoms with Crippen molar-refractivity contribution < 1.29 is 8.42 Å². The zero-order chi connectivity index (χ0) is 9.90. The molecule has 0 saturated carbocycles. The predicted molar refractivity (Wildman–Crippen MR) is 52.1 cm³/mol. The monoisotopic (exact) mass is 200 g/mol. The van der Waals surface area contributed by atoms with Gasteiger partial charge in [-0.3, -0.25) is 9.71 Å². The minimum atomic E-state index is -3.19. The molecule has 0 saturated heterocycles. The van der Waals surface area contributed by atoms with Gasteiger partial charge in [-0.1, -0.05) is 6.92 Å². The van der Waals surface area contributed by atoms with Gasteiger partial charge in [-0.2, -0.15) is 0 Å². The van der Waals surface area contributed by atoms with E-state index in [1.54, 1.807) is 12.1 Å². The highest BCUT2D eigenvalue weighted by Gasteiger charge is 2.00. The molecule has 0 atom stereocenters. The molecular weight excluding hydrogens is 188 g/mol. The molecule has 0 aromatic carbocycles. The Kier molecular flexibility index (Phi) is 2.87. The third-order valence-corrected chi connectivity index (χ3v) is 2.10. The van der Waals surface area contributed by atoms with Gasteiger partial charge in [-0.15, -0.1) is 0 Å². The third-order valence-electron chi connectivity index (χ3n) is 1.49. The van der Waals surface area contributed by atoms with Crippen LogP contribution in [0.1, 0.15) is 12.6 Å². The zero-order valence-corrected chi connectivity index (χ0v) is 8.43. The average molecular weight is 200 g/mol. The SMILES string of the molecule is CCc1ccc(NS(C)(=O)=O)cn1. The standard InChI is InChI=1S/C8H12N2O2S/c1-3-7-4-5-8(6-9-7)10-13(2,11)12/h4-6,10H,3H2,1-2H3. The zero-order valence-electron chi connectivity index (χ0n) is 7.61. The summed E-state index contributed by atoms with van der Waals surface area (Å²) in [5, 5.41) is 0. The van der Waals surface area contributed by atoms with Crippen LogP contribution in [0.4, 0.5) is 5.69 Å². The van der Waals surface area contributed by atoms with E-state index in [1.165, 1.54) is 6.20 Å². The minimum Gasteiger partial charge on any atom is -0.282 e. The Labute approximate surface area is 78.1 Å². The van der Waals surface area contributed by atoms with Crippen molar-refractivity contribution in [1.29, 1.82) is 0 Å². The number of pyridine rings is 1. The lowest BCUT2D eigenvalue weighted by atomic mass is 10.3. The highest BCUT2D eigenvalue weighted by molar-refractivity contribution is 7.92. The Bertz CT molecular complexity index is 370. The van der Waals surface area contributed by atoms with Crippen molar-refractivity contribution in [3.63, 3.8) is 0 Å². The Hall–Kier alpha value is -1.10. The van der Waals surface area contributed by atoms with E-state index < -0.39 is 10.0 Å². The Morgan fingerprint density at radius 2 is 2.15 bits per heavy atom. The first-order valence-corrected chi connectivity index (χ1v) is 5.83. The van der Waals surface area contributed by atoms with Crippen LogP contribution in [-0.2, 0) is 16.4 Å². The van der Waals surface area contributed by atoms with E-state index in [0.29, 0.717) is 5.69 Å². The lowest BCUT2D eigenvalue weighted by Crippen LogP contribution is -2.09. The third kappa shape index (κ3) is 3.42. The summed E-state index contributed by atoms with van der Waals surface area (Å²) in [5.74, 6) is 0. The van der Waals surface area contributed by atoms with Crippen molar-refractivity contribution in [3.8, 4) is 0 Å².